The van der Waals surface area contributed by atoms with E-state index in [1.54, 1.807) is 19.1 Å². The molecule has 0 atom stereocenters. The van der Waals surface area contributed by atoms with Crippen LogP contribution in [0.3, 0.4) is 0 Å². The van der Waals surface area contributed by atoms with Crippen LogP contribution in [0.5, 0.6) is 0 Å². The molecule has 0 bridgehead atoms. The lowest BCUT2D eigenvalue weighted by molar-refractivity contribution is 0.0572. The summed E-state index contributed by atoms with van der Waals surface area (Å²) in [6.45, 7) is 3.67. The number of rotatable bonds is 2. The molecule has 1 radical (unpaired) electrons. The summed E-state index contributed by atoms with van der Waals surface area (Å²) in [5.41, 5.74) is 1.93. The summed E-state index contributed by atoms with van der Waals surface area (Å²) in [6.07, 6.45) is 3.75. The molecule has 0 aromatic heterocycles. The fourth-order valence-corrected chi connectivity index (χ4v) is 1.23. The molecule has 0 aliphatic rings. The van der Waals surface area contributed by atoms with Crippen LogP contribution in [0, 0.1) is 6.92 Å². The molecule has 0 spiro atoms. The molecule has 0 saturated heterocycles. The highest BCUT2D eigenvalue weighted by atomic mass is 16.4. The first kappa shape index (κ1) is 9.52. The van der Waals surface area contributed by atoms with Gasteiger partial charge in [-0.05, 0) is 31.0 Å². The van der Waals surface area contributed by atoms with Crippen molar-refractivity contribution in [2.24, 2.45) is 0 Å². The van der Waals surface area contributed by atoms with Crippen LogP contribution in [0.2, 0.25) is 0 Å². The fourth-order valence-electron chi connectivity index (χ4n) is 1.23. The molecule has 1 aromatic rings. The largest absolute Gasteiger partial charge is 0.386 e. The molecule has 2 heteroatoms. The van der Waals surface area contributed by atoms with Gasteiger partial charge >= 0.3 is 5.97 Å². The molecule has 2 nitrogen and oxygen atoms in total. The van der Waals surface area contributed by atoms with E-state index in [0.29, 0.717) is 0 Å². The molecule has 0 heterocycles. The maximum atomic E-state index is 10.6. The van der Waals surface area contributed by atoms with Crippen molar-refractivity contribution in [2.45, 2.75) is 13.8 Å². The predicted octanol–water partition coefficient (Wildman–Crippen LogP) is 2.60. The maximum absolute atomic E-state index is 10.6. The second kappa shape index (κ2) is 3.90. The predicted molar refractivity (Wildman–Crippen MR) is 50.9 cm³/mol. The number of carbonyl (C=O) groups excluding carboxylic acids is 1. The van der Waals surface area contributed by atoms with Gasteiger partial charge in [-0.15, -0.1) is 0 Å². The van der Waals surface area contributed by atoms with Crippen molar-refractivity contribution in [1.82, 2.24) is 0 Å². The summed E-state index contributed by atoms with van der Waals surface area (Å²) < 4.78 is 0. The molecule has 1 aromatic carbocycles. The molecule has 67 valence electrons. The second-order valence-corrected chi connectivity index (χ2v) is 2.81. The van der Waals surface area contributed by atoms with Crippen LogP contribution in [0.4, 0.5) is 0 Å². The van der Waals surface area contributed by atoms with E-state index in [1.165, 1.54) is 0 Å². The van der Waals surface area contributed by atoms with E-state index in [1.807, 2.05) is 25.1 Å². The van der Waals surface area contributed by atoms with Gasteiger partial charge in [-0.25, -0.2) is 9.90 Å². The number of benzene rings is 1. The van der Waals surface area contributed by atoms with Crippen LogP contribution < -0.4 is 0 Å². The molecule has 0 amide bonds. The van der Waals surface area contributed by atoms with Crippen LogP contribution in [-0.2, 0) is 5.11 Å². The first-order valence-corrected chi connectivity index (χ1v) is 4.10. The fraction of sp³-hybridized carbons (Fsp3) is 0.182. The van der Waals surface area contributed by atoms with Gasteiger partial charge in [0.1, 0.15) is 0 Å². The topological polar surface area (TPSA) is 37.0 Å². The van der Waals surface area contributed by atoms with E-state index in [9.17, 15) is 9.90 Å². The van der Waals surface area contributed by atoms with Gasteiger partial charge in [0.25, 0.3) is 0 Å². The van der Waals surface area contributed by atoms with Gasteiger partial charge in [-0.2, -0.15) is 0 Å². The van der Waals surface area contributed by atoms with Crippen LogP contribution in [0.25, 0.3) is 6.08 Å². The zero-order valence-corrected chi connectivity index (χ0v) is 7.70. The zero-order valence-electron chi connectivity index (χ0n) is 7.70. The van der Waals surface area contributed by atoms with Crippen LogP contribution >= 0.6 is 0 Å². The third kappa shape index (κ3) is 1.96. The lowest BCUT2D eigenvalue weighted by Crippen LogP contribution is -1.98. The van der Waals surface area contributed by atoms with Crippen molar-refractivity contribution < 1.29 is 9.90 Å². The monoisotopic (exact) mass is 175 g/mol. The minimum atomic E-state index is -1.12. The Morgan fingerprint density at radius 3 is 2.62 bits per heavy atom. The Bertz CT molecular complexity index is 351. The van der Waals surface area contributed by atoms with Gasteiger partial charge in [0, 0.05) is 0 Å². The Labute approximate surface area is 77.5 Å². The lowest BCUT2D eigenvalue weighted by Gasteiger charge is -2.02. The average molecular weight is 175 g/mol. The highest BCUT2D eigenvalue weighted by molar-refractivity contribution is 5.90. The van der Waals surface area contributed by atoms with Crippen LogP contribution in [-0.4, -0.2) is 5.97 Å². The Balaban J connectivity index is 3.26. The molecule has 0 aliphatic carbocycles. The third-order valence-electron chi connectivity index (χ3n) is 1.94. The molecule has 0 fully saturated rings. The number of hydrogen-bond acceptors (Lipinski definition) is 1. The SMILES string of the molecule is C/C=C/c1cccc(C([O])=O)c1C. The molecule has 0 unspecified atom stereocenters. The molecule has 13 heavy (non-hydrogen) atoms. The van der Waals surface area contributed by atoms with Crippen molar-refractivity contribution in [1.29, 1.82) is 0 Å². The third-order valence-corrected chi connectivity index (χ3v) is 1.94. The van der Waals surface area contributed by atoms with Crippen molar-refractivity contribution in [3.8, 4) is 0 Å². The molecular weight excluding hydrogens is 164 g/mol. The van der Waals surface area contributed by atoms with Crippen LogP contribution in [0.15, 0.2) is 24.3 Å². The Hall–Kier alpha value is -1.57. The number of hydrogen-bond donors (Lipinski definition) is 0. The normalized spacial score (nSPS) is 10.6. The highest BCUT2D eigenvalue weighted by Gasteiger charge is 2.09. The lowest BCUT2D eigenvalue weighted by atomic mass is 10.0. The van der Waals surface area contributed by atoms with Gasteiger partial charge < -0.3 is 0 Å². The van der Waals surface area contributed by atoms with E-state index in [4.69, 9.17) is 0 Å². The standard InChI is InChI=1S/C11H11O2/c1-3-5-9-6-4-7-10(8(9)2)11(12)13/h3-7H,1-2H3/b5-3+. The second-order valence-electron chi connectivity index (χ2n) is 2.81. The van der Waals surface area contributed by atoms with Gasteiger partial charge in [0.15, 0.2) is 0 Å². The molecule has 0 aliphatic heterocycles. The van der Waals surface area contributed by atoms with Crippen molar-refractivity contribution in [2.75, 3.05) is 0 Å². The maximum Gasteiger partial charge on any atom is 0.386 e. The van der Waals surface area contributed by atoms with Gasteiger partial charge in [0.2, 0.25) is 0 Å². The molecule has 0 saturated carbocycles. The van der Waals surface area contributed by atoms with Gasteiger partial charge in [-0.3, -0.25) is 0 Å². The summed E-state index contributed by atoms with van der Waals surface area (Å²) in [5, 5.41) is 10.6. The first-order chi connectivity index (χ1) is 6.16. The average Bonchev–Trinajstić information content (AvgIpc) is 2.08. The van der Waals surface area contributed by atoms with Crippen molar-refractivity contribution in [3.05, 3.63) is 41.0 Å². The molecule has 1 rings (SSSR count). The van der Waals surface area contributed by atoms with E-state index in [-0.39, 0.29) is 5.56 Å². The summed E-state index contributed by atoms with van der Waals surface area (Å²) in [4.78, 5) is 10.6. The van der Waals surface area contributed by atoms with E-state index in [2.05, 4.69) is 0 Å². The van der Waals surface area contributed by atoms with Crippen molar-refractivity contribution >= 4 is 12.0 Å². The minimum Gasteiger partial charge on any atom is -0.241 e. The quantitative estimate of drug-likeness (QED) is 0.680. The number of allylic oxidation sites excluding steroid dienone is 1. The molecule has 0 N–H and O–H groups in total. The Morgan fingerprint density at radius 2 is 2.08 bits per heavy atom. The first-order valence-electron chi connectivity index (χ1n) is 4.10. The number of carbonyl (C=O) groups is 1. The van der Waals surface area contributed by atoms with Gasteiger partial charge in [-0.1, -0.05) is 24.3 Å². The highest BCUT2D eigenvalue weighted by Crippen LogP contribution is 2.15. The Kier molecular flexibility index (Phi) is 2.85. The molecular formula is C11H11O2. The summed E-state index contributed by atoms with van der Waals surface area (Å²) in [5.74, 6) is -1.12. The minimum absolute atomic E-state index is 0.260. The van der Waals surface area contributed by atoms with E-state index >= 15 is 0 Å². The van der Waals surface area contributed by atoms with E-state index in [0.717, 1.165) is 11.1 Å². The van der Waals surface area contributed by atoms with Crippen molar-refractivity contribution in [3.63, 3.8) is 0 Å². The summed E-state index contributed by atoms with van der Waals surface area (Å²) in [6, 6.07) is 5.15. The summed E-state index contributed by atoms with van der Waals surface area (Å²) >= 11 is 0. The Morgan fingerprint density at radius 1 is 1.38 bits per heavy atom. The van der Waals surface area contributed by atoms with Gasteiger partial charge in [0.05, 0.1) is 5.56 Å². The van der Waals surface area contributed by atoms with Crippen LogP contribution in [0.1, 0.15) is 28.4 Å². The van der Waals surface area contributed by atoms with E-state index < -0.39 is 5.97 Å². The smallest absolute Gasteiger partial charge is 0.241 e. The zero-order chi connectivity index (χ0) is 9.84. The summed E-state index contributed by atoms with van der Waals surface area (Å²) in [7, 11) is 0.